The lowest BCUT2D eigenvalue weighted by Gasteiger charge is -2.15. The second-order valence-electron chi connectivity index (χ2n) is 5.50. The number of hydrogen-bond acceptors (Lipinski definition) is 3. The van der Waals surface area contributed by atoms with Crippen molar-refractivity contribution in [1.29, 1.82) is 0 Å². The Morgan fingerprint density at radius 1 is 1.39 bits per heavy atom. The summed E-state index contributed by atoms with van der Waals surface area (Å²) in [7, 11) is 3.77. The van der Waals surface area contributed by atoms with Crippen molar-refractivity contribution in [1.82, 2.24) is 19.8 Å². The number of alkyl halides is 2. The number of aromatic nitrogens is 2. The smallest absolute Gasteiger partial charge is 0.320 e. The van der Waals surface area contributed by atoms with Crippen molar-refractivity contribution in [2.75, 3.05) is 20.6 Å². The van der Waals surface area contributed by atoms with Crippen molar-refractivity contribution < 1.29 is 13.6 Å². The zero-order valence-electron chi connectivity index (χ0n) is 13.3. The van der Waals surface area contributed by atoms with Crippen LogP contribution < -0.4 is 5.32 Å². The first kappa shape index (κ1) is 17.1. The van der Waals surface area contributed by atoms with E-state index in [9.17, 15) is 13.6 Å². The van der Waals surface area contributed by atoms with E-state index in [0.29, 0.717) is 17.6 Å². The molecular weight excluding hydrogens is 302 g/mol. The van der Waals surface area contributed by atoms with Crippen LogP contribution in [0.3, 0.4) is 0 Å². The molecule has 1 N–H and O–H groups in total. The average Bonchev–Trinajstić information content (AvgIpc) is 2.86. The summed E-state index contributed by atoms with van der Waals surface area (Å²) in [5.74, 6) is -0.206. The van der Waals surface area contributed by atoms with E-state index in [1.54, 1.807) is 37.3 Å². The molecule has 0 spiro atoms. The fourth-order valence-corrected chi connectivity index (χ4v) is 2.27. The molecule has 1 amide bonds. The van der Waals surface area contributed by atoms with Gasteiger partial charge in [0.1, 0.15) is 5.82 Å². The first-order valence-electron chi connectivity index (χ1n) is 7.27. The molecule has 5 nitrogen and oxygen atoms in total. The molecule has 1 heterocycles. The molecule has 1 aromatic carbocycles. The van der Waals surface area contributed by atoms with Gasteiger partial charge in [-0.1, -0.05) is 18.2 Å². The number of amides is 1. The quantitative estimate of drug-likeness (QED) is 0.832. The number of rotatable bonds is 6. The van der Waals surface area contributed by atoms with Gasteiger partial charge in [-0.25, -0.2) is 4.98 Å². The Labute approximate surface area is 133 Å². The lowest BCUT2D eigenvalue weighted by Crippen LogP contribution is -2.27. The molecule has 7 heteroatoms. The summed E-state index contributed by atoms with van der Waals surface area (Å²) in [6.45, 7) is -0.462. The standard InChI is InChI=1S/C16H20F2N4O/c1-11(19-14(23)9-6-10-21(2)3)15-20-12-7-4-5-8-13(12)22(15)16(17)18/h4-9,11,16H,10H2,1-3H3,(H,19,23)/b9-6+. The number of para-hydroxylation sites is 2. The van der Waals surface area contributed by atoms with Crippen molar-refractivity contribution in [2.24, 2.45) is 0 Å². The van der Waals surface area contributed by atoms with Crippen LogP contribution in [0, 0.1) is 0 Å². The Bertz CT molecular complexity index is 709. The molecule has 0 aliphatic heterocycles. The van der Waals surface area contributed by atoms with Gasteiger partial charge in [0.05, 0.1) is 17.1 Å². The Kier molecular flexibility index (Phi) is 5.44. The van der Waals surface area contributed by atoms with Crippen LogP contribution in [-0.4, -0.2) is 41.0 Å². The predicted molar refractivity (Wildman–Crippen MR) is 85.2 cm³/mol. The van der Waals surface area contributed by atoms with Gasteiger partial charge in [-0.2, -0.15) is 8.78 Å². The monoisotopic (exact) mass is 322 g/mol. The highest BCUT2D eigenvalue weighted by Crippen LogP contribution is 2.26. The zero-order chi connectivity index (χ0) is 17.0. The highest BCUT2D eigenvalue weighted by atomic mass is 19.3. The van der Waals surface area contributed by atoms with Gasteiger partial charge in [0.2, 0.25) is 5.91 Å². The number of imidazole rings is 1. The third kappa shape index (κ3) is 4.13. The van der Waals surface area contributed by atoms with Crippen LogP contribution in [0.4, 0.5) is 8.78 Å². The SMILES string of the molecule is CC(NC(=O)/C=C/CN(C)C)c1nc2ccccc2n1C(F)F. The number of nitrogens with zero attached hydrogens (tertiary/aromatic N) is 3. The minimum Gasteiger partial charge on any atom is -0.343 e. The summed E-state index contributed by atoms with van der Waals surface area (Å²) in [6.07, 6.45) is 3.10. The largest absolute Gasteiger partial charge is 0.343 e. The maximum absolute atomic E-state index is 13.4. The lowest BCUT2D eigenvalue weighted by molar-refractivity contribution is -0.117. The summed E-state index contributed by atoms with van der Waals surface area (Å²) in [5, 5.41) is 2.67. The van der Waals surface area contributed by atoms with Crippen LogP contribution in [0.15, 0.2) is 36.4 Å². The van der Waals surface area contributed by atoms with Crippen molar-refractivity contribution in [3.05, 3.63) is 42.2 Å². The minimum atomic E-state index is -2.72. The molecule has 1 atom stereocenters. The van der Waals surface area contributed by atoms with Crippen LogP contribution in [0.1, 0.15) is 25.3 Å². The van der Waals surface area contributed by atoms with Crippen LogP contribution in [0.2, 0.25) is 0 Å². The second-order valence-corrected chi connectivity index (χ2v) is 5.50. The molecule has 0 bridgehead atoms. The van der Waals surface area contributed by atoms with E-state index in [1.807, 2.05) is 19.0 Å². The normalized spacial score (nSPS) is 13.3. The molecular formula is C16H20F2N4O. The number of halogens is 2. The average molecular weight is 322 g/mol. The Morgan fingerprint density at radius 2 is 2.09 bits per heavy atom. The van der Waals surface area contributed by atoms with Crippen LogP contribution in [-0.2, 0) is 4.79 Å². The number of benzene rings is 1. The molecule has 0 saturated carbocycles. The number of carbonyl (C=O) groups is 1. The summed E-state index contributed by atoms with van der Waals surface area (Å²) in [4.78, 5) is 18.0. The molecule has 0 aliphatic carbocycles. The van der Waals surface area contributed by atoms with Gasteiger partial charge in [0.15, 0.2) is 0 Å². The van der Waals surface area contributed by atoms with E-state index in [4.69, 9.17) is 0 Å². The zero-order valence-corrected chi connectivity index (χ0v) is 13.3. The predicted octanol–water partition coefficient (Wildman–Crippen LogP) is 2.73. The summed E-state index contributed by atoms with van der Waals surface area (Å²) in [6, 6.07) is 6.04. The Morgan fingerprint density at radius 3 is 2.74 bits per heavy atom. The van der Waals surface area contributed by atoms with Crippen molar-refractivity contribution >= 4 is 16.9 Å². The molecule has 1 unspecified atom stereocenters. The molecule has 0 aliphatic rings. The van der Waals surface area contributed by atoms with Crippen LogP contribution in [0.5, 0.6) is 0 Å². The Balaban J connectivity index is 2.20. The lowest BCUT2D eigenvalue weighted by atomic mass is 10.3. The van der Waals surface area contributed by atoms with Gasteiger partial charge in [0, 0.05) is 12.6 Å². The van der Waals surface area contributed by atoms with Crippen LogP contribution >= 0.6 is 0 Å². The third-order valence-electron chi connectivity index (χ3n) is 3.30. The highest BCUT2D eigenvalue weighted by molar-refractivity contribution is 5.87. The number of fused-ring (bicyclic) bond motifs is 1. The van der Waals surface area contributed by atoms with Gasteiger partial charge >= 0.3 is 6.55 Å². The third-order valence-corrected chi connectivity index (χ3v) is 3.30. The van der Waals surface area contributed by atoms with E-state index >= 15 is 0 Å². The number of carbonyl (C=O) groups excluding carboxylic acids is 1. The molecule has 2 rings (SSSR count). The van der Waals surface area contributed by atoms with Gasteiger partial charge in [-0.15, -0.1) is 0 Å². The fraction of sp³-hybridized carbons (Fsp3) is 0.375. The molecule has 23 heavy (non-hydrogen) atoms. The van der Waals surface area contributed by atoms with E-state index in [-0.39, 0.29) is 11.7 Å². The minimum absolute atomic E-state index is 0.135. The van der Waals surface area contributed by atoms with E-state index < -0.39 is 12.6 Å². The maximum atomic E-state index is 13.4. The molecule has 1 aromatic heterocycles. The molecule has 124 valence electrons. The number of likely N-dealkylation sites (N-methyl/N-ethyl adjacent to an activating group) is 1. The second kappa shape index (κ2) is 7.32. The van der Waals surface area contributed by atoms with Gasteiger partial charge in [0.25, 0.3) is 0 Å². The topological polar surface area (TPSA) is 50.2 Å². The molecule has 2 aromatic rings. The first-order valence-corrected chi connectivity index (χ1v) is 7.27. The molecule has 0 fully saturated rings. The van der Waals surface area contributed by atoms with Crippen molar-refractivity contribution in [3.63, 3.8) is 0 Å². The highest BCUT2D eigenvalue weighted by Gasteiger charge is 2.22. The summed E-state index contributed by atoms with van der Waals surface area (Å²) >= 11 is 0. The fourth-order valence-electron chi connectivity index (χ4n) is 2.27. The van der Waals surface area contributed by atoms with Gasteiger partial charge < -0.3 is 10.2 Å². The van der Waals surface area contributed by atoms with Crippen LogP contribution in [0.25, 0.3) is 11.0 Å². The van der Waals surface area contributed by atoms with Crippen molar-refractivity contribution in [3.8, 4) is 0 Å². The Hall–Kier alpha value is -2.28. The van der Waals surface area contributed by atoms with Crippen molar-refractivity contribution in [2.45, 2.75) is 19.5 Å². The summed E-state index contributed by atoms with van der Waals surface area (Å²) in [5.41, 5.74) is 0.828. The summed E-state index contributed by atoms with van der Waals surface area (Å²) < 4.78 is 27.6. The first-order chi connectivity index (χ1) is 10.9. The molecule has 0 radical (unpaired) electrons. The number of hydrogen-bond donors (Lipinski definition) is 1. The van der Waals surface area contributed by atoms with E-state index in [0.717, 1.165) is 4.57 Å². The number of nitrogens with one attached hydrogen (secondary N) is 1. The van der Waals surface area contributed by atoms with Gasteiger partial charge in [-0.05, 0) is 33.2 Å². The van der Waals surface area contributed by atoms with E-state index in [1.165, 1.54) is 6.08 Å². The van der Waals surface area contributed by atoms with Gasteiger partial charge in [-0.3, -0.25) is 9.36 Å². The molecule has 0 saturated heterocycles. The maximum Gasteiger partial charge on any atom is 0.320 e. The van der Waals surface area contributed by atoms with E-state index in [2.05, 4.69) is 10.3 Å².